The topological polar surface area (TPSA) is 23.6 Å². The lowest BCUT2D eigenvalue weighted by molar-refractivity contribution is -0.117. The van der Waals surface area contributed by atoms with Crippen LogP contribution in [0.3, 0.4) is 0 Å². The van der Waals surface area contributed by atoms with E-state index < -0.39 is 0 Å². The van der Waals surface area contributed by atoms with Crippen LogP contribution in [0.15, 0.2) is 36.4 Å². The molecular weight excluding hydrogens is 291 g/mol. The average Bonchev–Trinajstić information content (AvgIpc) is 2.82. The predicted molar refractivity (Wildman–Crippen MR) is 91.2 cm³/mol. The van der Waals surface area contributed by atoms with Gasteiger partial charge >= 0.3 is 0 Å². The summed E-state index contributed by atoms with van der Waals surface area (Å²) in [4.78, 5) is 16.1. The highest BCUT2D eigenvalue weighted by atomic mass is 19.1. The lowest BCUT2D eigenvalue weighted by Gasteiger charge is -2.20. The number of anilines is 1. The van der Waals surface area contributed by atoms with E-state index in [0.29, 0.717) is 18.5 Å². The van der Waals surface area contributed by atoms with Gasteiger partial charge in [0, 0.05) is 18.8 Å². The smallest absolute Gasteiger partial charge is 0.231 e. The number of rotatable bonds is 4. The minimum absolute atomic E-state index is 0.133. The van der Waals surface area contributed by atoms with Crippen LogP contribution < -0.4 is 4.90 Å². The molecule has 2 aromatic carbocycles. The van der Waals surface area contributed by atoms with Gasteiger partial charge < -0.3 is 9.80 Å². The van der Waals surface area contributed by atoms with Crippen molar-refractivity contribution in [2.75, 3.05) is 32.1 Å². The lowest BCUT2D eigenvalue weighted by Crippen LogP contribution is -2.33. The standard InChI is InChI=1S/C19H21FN2O/c1-13-4-5-14(10-17(13)20)15-6-7-16-12-19(23)22(18(16)11-15)9-8-21(2)3/h4-7,10-11H,8-9,12H2,1-3H3. The summed E-state index contributed by atoms with van der Waals surface area (Å²) in [7, 11) is 3.99. The van der Waals surface area contributed by atoms with Crippen molar-refractivity contribution in [2.45, 2.75) is 13.3 Å². The summed E-state index contributed by atoms with van der Waals surface area (Å²) >= 11 is 0. The van der Waals surface area contributed by atoms with Gasteiger partial charge in [-0.05, 0) is 55.4 Å². The highest BCUT2D eigenvalue weighted by Gasteiger charge is 2.27. The third-order valence-electron chi connectivity index (χ3n) is 4.29. The normalized spacial score (nSPS) is 13.8. The first-order valence-corrected chi connectivity index (χ1v) is 7.80. The molecule has 0 aromatic heterocycles. The number of carbonyl (C=O) groups excluding carboxylic acids is 1. The van der Waals surface area contributed by atoms with Crippen LogP contribution in [0.25, 0.3) is 11.1 Å². The molecule has 0 bridgehead atoms. The third-order valence-corrected chi connectivity index (χ3v) is 4.29. The molecule has 0 fully saturated rings. The van der Waals surface area contributed by atoms with Crippen molar-refractivity contribution in [1.82, 2.24) is 4.90 Å². The molecule has 0 N–H and O–H groups in total. The summed E-state index contributed by atoms with van der Waals surface area (Å²) in [6.07, 6.45) is 0.450. The van der Waals surface area contributed by atoms with Gasteiger partial charge in [-0.3, -0.25) is 4.79 Å². The second kappa shape index (κ2) is 6.13. The number of likely N-dealkylation sites (N-methyl/N-ethyl adjacent to an activating group) is 1. The Hall–Kier alpha value is -2.20. The SMILES string of the molecule is Cc1ccc(-c2ccc3c(c2)N(CCN(C)C)C(=O)C3)cc1F. The van der Waals surface area contributed by atoms with Crippen molar-refractivity contribution in [2.24, 2.45) is 0 Å². The van der Waals surface area contributed by atoms with E-state index in [9.17, 15) is 9.18 Å². The Kier molecular flexibility index (Phi) is 4.18. The molecule has 0 radical (unpaired) electrons. The van der Waals surface area contributed by atoms with E-state index >= 15 is 0 Å². The monoisotopic (exact) mass is 312 g/mol. The highest BCUT2D eigenvalue weighted by Crippen LogP contribution is 2.33. The van der Waals surface area contributed by atoms with Crippen LogP contribution in [-0.2, 0) is 11.2 Å². The fourth-order valence-electron chi connectivity index (χ4n) is 2.85. The highest BCUT2D eigenvalue weighted by molar-refractivity contribution is 6.02. The molecule has 4 heteroatoms. The Morgan fingerprint density at radius 3 is 2.52 bits per heavy atom. The Labute approximate surface area is 136 Å². The summed E-state index contributed by atoms with van der Waals surface area (Å²) in [5.74, 6) is -0.0716. The van der Waals surface area contributed by atoms with Gasteiger partial charge in [0.1, 0.15) is 5.82 Å². The van der Waals surface area contributed by atoms with E-state index in [0.717, 1.165) is 28.9 Å². The number of benzene rings is 2. The molecule has 1 heterocycles. The maximum atomic E-state index is 13.8. The number of aryl methyl sites for hydroxylation is 1. The zero-order valence-corrected chi connectivity index (χ0v) is 13.8. The molecule has 3 nitrogen and oxygen atoms in total. The summed E-state index contributed by atoms with van der Waals surface area (Å²) in [6, 6.07) is 11.2. The van der Waals surface area contributed by atoms with Gasteiger partial charge in [-0.1, -0.05) is 24.3 Å². The molecule has 1 aliphatic heterocycles. The van der Waals surface area contributed by atoms with Gasteiger partial charge in [0.15, 0.2) is 0 Å². The fourth-order valence-corrected chi connectivity index (χ4v) is 2.85. The Morgan fingerprint density at radius 2 is 1.83 bits per heavy atom. The van der Waals surface area contributed by atoms with Gasteiger partial charge in [0.25, 0.3) is 0 Å². The molecule has 0 spiro atoms. The molecular formula is C19H21FN2O. The van der Waals surface area contributed by atoms with E-state index in [-0.39, 0.29) is 11.7 Å². The van der Waals surface area contributed by atoms with E-state index in [4.69, 9.17) is 0 Å². The minimum Gasteiger partial charge on any atom is -0.311 e. The number of hydrogen-bond acceptors (Lipinski definition) is 2. The quantitative estimate of drug-likeness (QED) is 0.865. The first-order valence-electron chi connectivity index (χ1n) is 7.80. The number of halogens is 1. The van der Waals surface area contributed by atoms with E-state index in [2.05, 4.69) is 4.90 Å². The second-order valence-electron chi connectivity index (χ2n) is 6.33. The zero-order valence-electron chi connectivity index (χ0n) is 13.8. The summed E-state index contributed by atoms with van der Waals surface area (Å²) in [5, 5.41) is 0. The van der Waals surface area contributed by atoms with Crippen LogP contribution in [0.4, 0.5) is 10.1 Å². The Balaban J connectivity index is 1.95. The molecule has 23 heavy (non-hydrogen) atoms. The molecule has 0 unspecified atom stereocenters. The van der Waals surface area contributed by atoms with Crippen molar-refractivity contribution in [3.8, 4) is 11.1 Å². The first kappa shape index (κ1) is 15.7. The number of nitrogens with zero attached hydrogens (tertiary/aromatic N) is 2. The molecule has 0 atom stereocenters. The molecule has 1 amide bonds. The molecule has 1 aliphatic rings. The molecule has 0 saturated carbocycles. The van der Waals surface area contributed by atoms with Crippen molar-refractivity contribution >= 4 is 11.6 Å². The zero-order chi connectivity index (χ0) is 16.6. The van der Waals surface area contributed by atoms with E-state index in [1.165, 1.54) is 0 Å². The minimum atomic E-state index is -0.205. The molecule has 3 rings (SSSR count). The maximum Gasteiger partial charge on any atom is 0.231 e. The van der Waals surface area contributed by atoms with Gasteiger partial charge in [-0.2, -0.15) is 0 Å². The maximum absolute atomic E-state index is 13.8. The van der Waals surface area contributed by atoms with E-state index in [1.54, 1.807) is 19.1 Å². The number of fused-ring (bicyclic) bond motifs is 1. The van der Waals surface area contributed by atoms with Crippen LogP contribution in [-0.4, -0.2) is 38.0 Å². The number of amides is 1. The first-order chi connectivity index (χ1) is 11.0. The largest absolute Gasteiger partial charge is 0.311 e. The van der Waals surface area contributed by atoms with Crippen LogP contribution in [0.5, 0.6) is 0 Å². The lowest BCUT2D eigenvalue weighted by atomic mass is 10.0. The van der Waals surface area contributed by atoms with Crippen molar-refractivity contribution in [3.05, 3.63) is 53.3 Å². The molecule has 0 aliphatic carbocycles. The van der Waals surface area contributed by atoms with E-state index in [1.807, 2.05) is 43.3 Å². The van der Waals surface area contributed by atoms with Crippen molar-refractivity contribution in [1.29, 1.82) is 0 Å². The number of carbonyl (C=O) groups is 1. The Morgan fingerprint density at radius 1 is 1.13 bits per heavy atom. The molecule has 120 valence electrons. The van der Waals surface area contributed by atoms with Crippen molar-refractivity contribution < 1.29 is 9.18 Å². The predicted octanol–water partition coefficient (Wildman–Crippen LogP) is 3.25. The third kappa shape index (κ3) is 3.13. The summed E-state index contributed by atoms with van der Waals surface area (Å²) < 4.78 is 13.8. The van der Waals surface area contributed by atoms with Gasteiger partial charge in [0.05, 0.1) is 6.42 Å². The fraction of sp³-hybridized carbons (Fsp3) is 0.316. The molecule has 0 saturated heterocycles. The van der Waals surface area contributed by atoms with Crippen LogP contribution >= 0.6 is 0 Å². The van der Waals surface area contributed by atoms with Gasteiger partial charge in [-0.15, -0.1) is 0 Å². The van der Waals surface area contributed by atoms with Crippen molar-refractivity contribution in [3.63, 3.8) is 0 Å². The Bertz CT molecular complexity index is 755. The molecule has 2 aromatic rings. The van der Waals surface area contributed by atoms with Crippen LogP contribution in [0.1, 0.15) is 11.1 Å². The van der Waals surface area contributed by atoms with Crippen LogP contribution in [0.2, 0.25) is 0 Å². The number of hydrogen-bond donors (Lipinski definition) is 0. The summed E-state index contributed by atoms with van der Waals surface area (Å²) in [5.41, 5.74) is 4.41. The van der Waals surface area contributed by atoms with Crippen LogP contribution in [0, 0.1) is 12.7 Å². The second-order valence-corrected chi connectivity index (χ2v) is 6.33. The average molecular weight is 312 g/mol. The summed E-state index contributed by atoms with van der Waals surface area (Å²) in [6.45, 7) is 3.24. The van der Waals surface area contributed by atoms with Gasteiger partial charge in [0.2, 0.25) is 5.91 Å². The van der Waals surface area contributed by atoms with Gasteiger partial charge in [-0.25, -0.2) is 4.39 Å².